The highest BCUT2D eigenvalue weighted by Crippen LogP contribution is 1.98. The number of azide groups is 1. The molecule has 0 aliphatic heterocycles. The topological polar surface area (TPSA) is 141 Å². The number of aliphatic imine (C=N–C) groups is 2. The summed E-state index contributed by atoms with van der Waals surface area (Å²) in [6.45, 7) is 6.92. The van der Waals surface area contributed by atoms with Crippen molar-refractivity contribution in [3.63, 3.8) is 0 Å². The van der Waals surface area contributed by atoms with Gasteiger partial charge in [-0.1, -0.05) is 10.3 Å². The van der Waals surface area contributed by atoms with Gasteiger partial charge in [0, 0.05) is 23.7 Å². The van der Waals surface area contributed by atoms with Gasteiger partial charge in [0.2, 0.25) is 0 Å². The molecule has 0 saturated heterocycles. The van der Waals surface area contributed by atoms with Gasteiger partial charge in [0.15, 0.2) is 0 Å². The average molecular weight is 280 g/mol. The number of oxime groups is 1. The number of rotatable bonds is 7. The standard InChI is InChI=1S/C11H19N7O2/c1-7(9(3)16-19)13-5-11(15-18-12)6-14-8(2)10(4)17-20/h11,19-20H,5-6H2,1-4H3/p-1/b13-7?,14-8?,16-9+,17-10+. The molecule has 1 atom stereocenters. The SMILES string of the molecule is CC(=NCC(CN=C(C)/C(C)=N/O)N=[N+]=[N-])/C(C)=N/[O-]. The Labute approximate surface area is 117 Å². The Morgan fingerprint density at radius 2 is 1.55 bits per heavy atom. The summed E-state index contributed by atoms with van der Waals surface area (Å²) in [6.07, 6.45) is 0. The molecule has 0 radical (unpaired) electrons. The van der Waals surface area contributed by atoms with Gasteiger partial charge in [0.1, 0.15) is 0 Å². The lowest BCUT2D eigenvalue weighted by molar-refractivity contribution is 0.320. The fourth-order valence-corrected chi connectivity index (χ4v) is 1.06. The van der Waals surface area contributed by atoms with E-state index in [9.17, 15) is 5.21 Å². The Bertz CT molecular complexity index is 451. The summed E-state index contributed by atoms with van der Waals surface area (Å²) < 4.78 is 0. The molecule has 0 heterocycles. The lowest BCUT2D eigenvalue weighted by atomic mass is 10.2. The minimum atomic E-state index is -0.476. The molecule has 1 N–H and O–H groups in total. The molecule has 0 aromatic heterocycles. The first kappa shape index (κ1) is 17.6. The van der Waals surface area contributed by atoms with Crippen LogP contribution < -0.4 is 0 Å². The van der Waals surface area contributed by atoms with Crippen LogP contribution in [0.3, 0.4) is 0 Å². The van der Waals surface area contributed by atoms with Crippen molar-refractivity contribution in [3.8, 4) is 0 Å². The van der Waals surface area contributed by atoms with Crippen LogP contribution in [0.5, 0.6) is 0 Å². The molecule has 0 aromatic carbocycles. The molecular weight excluding hydrogens is 262 g/mol. The fraction of sp³-hybridized carbons (Fsp3) is 0.636. The van der Waals surface area contributed by atoms with E-state index in [0.717, 1.165) is 0 Å². The summed E-state index contributed by atoms with van der Waals surface area (Å²) in [5.74, 6) is 0. The van der Waals surface area contributed by atoms with E-state index in [4.69, 9.17) is 10.7 Å². The van der Waals surface area contributed by atoms with Crippen LogP contribution in [0.1, 0.15) is 27.7 Å². The van der Waals surface area contributed by atoms with E-state index in [2.05, 4.69) is 30.3 Å². The molecule has 9 nitrogen and oxygen atoms in total. The first-order valence-electron chi connectivity index (χ1n) is 5.88. The van der Waals surface area contributed by atoms with Crippen molar-refractivity contribution >= 4 is 22.8 Å². The largest absolute Gasteiger partial charge is 0.792 e. The van der Waals surface area contributed by atoms with E-state index < -0.39 is 6.04 Å². The van der Waals surface area contributed by atoms with Gasteiger partial charge < -0.3 is 15.6 Å². The van der Waals surface area contributed by atoms with E-state index >= 15 is 0 Å². The predicted octanol–water partition coefficient (Wildman–Crippen LogP) is 2.40. The lowest BCUT2D eigenvalue weighted by Gasteiger charge is -2.08. The van der Waals surface area contributed by atoms with Crippen molar-refractivity contribution in [2.24, 2.45) is 25.4 Å². The van der Waals surface area contributed by atoms with Crippen molar-refractivity contribution in [2.75, 3.05) is 13.1 Å². The van der Waals surface area contributed by atoms with Gasteiger partial charge in [-0.25, -0.2) is 0 Å². The molecule has 9 heteroatoms. The Kier molecular flexibility index (Phi) is 8.36. The minimum absolute atomic E-state index is 0.203. The zero-order valence-electron chi connectivity index (χ0n) is 12.0. The fourth-order valence-electron chi connectivity index (χ4n) is 1.06. The van der Waals surface area contributed by atoms with E-state index in [1.54, 1.807) is 27.7 Å². The third-order valence-electron chi connectivity index (χ3n) is 2.63. The normalized spacial score (nSPS) is 15.8. The van der Waals surface area contributed by atoms with Crippen LogP contribution in [0.25, 0.3) is 10.4 Å². The minimum Gasteiger partial charge on any atom is -0.792 e. The quantitative estimate of drug-likeness (QED) is 0.191. The van der Waals surface area contributed by atoms with Gasteiger partial charge in [-0.05, 0) is 33.2 Å². The highest BCUT2D eigenvalue weighted by molar-refractivity contribution is 6.41. The highest BCUT2D eigenvalue weighted by Gasteiger charge is 2.06. The second-order valence-electron chi connectivity index (χ2n) is 4.07. The summed E-state index contributed by atoms with van der Waals surface area (Å²) >= 11 is 0. The summed E-state index contributed by atoms with van der Waals surface area (Å²) in [5, 5.41) is 28.3. The molecule has 0 aliphatic rings. The van der Waals surface area contributed by atoms with Crippen molar-refractivity contribution in [2.45, 2.75) is 33.7 Å². The molecular formula is C11H18N7O2-. The average Bonchev–Trinajstić information content (AvgIpc) is 2.47. The van der Waals surface area contributed by atoms with Crippen LogP contribution in [0.15, 0.2) is 25.4 Å². The van der Waals surface area contributed by atoms with Gasteiger partial charge in [0.05, 0.1) is 23.2 Å². The van der Waals surface area contributed by atoms with Crippen LogP contribution in [-0.4, -0.2) is 47.2 Å². The van der Waals surface area contributed by atoms with Crippen molar-refractivity contribution in [3.05, 3.63) is 15.7 Å². The molecule has 1 unspecified atom stereocenters. The Morgan fingerprint density at radius 3 is 1.95 bits per heavy atom. The first-order chi connectivity index (χ1) is 9.46. The maximum absolute atomic E-state index is 10.3. The number of hydrogen-bond acceptors (Lipinski definition) is 7. The maximum Gasteiger partial charge on any atom is 0.0971 e. The van der Waals surface area contributed by atoms with E-state index in [1.165, 1.54) is 0 Å². The zero-order chi connectivity index (χ0) is 15.5. The monoisotopic (exact) mass is 280 g/mol. The Balaban J connectivity index is 4.81. The maximum atomic E-state index is 10.3. The molecule has 0 saturated carbocycles. The zero-order valence-corrected chi connectivity index (χ0v) is 12.0. The van der Waals surface area contributed by atoms with Gasteiger partial charge in [0.25, 0.3) is 0 Å². The third-order valence-corrected chi connectivity index (χ3v) is 2.63. The van der Waals surface area contributed by atoms with Crippen molar-refractivity contribution in [1.82, 2.24) is 0 Å². The molecule has 0 bridgehead atoms. The molecule has 110 valence electrons. The summed E-state index contributed by atoms with van der Waals surface area (Å²) in [4.78, 5) is 11.0. The predicted molar refractivity (Wildman–Crippen MR) is 80.3 cm³/mol. The Morgan fingerprint density at radius 1 is 1.05 bits per heavy atom. The molecule has 0 rings (SSSR count). The van der Waals surface area contributed by atoms with Gasteiger partial charge in [-0.15, -0.1) is 0 Å². The number of nitrogens with zero attached hydrogens (tertiary/aromatic N) is 7. The Hall–Kier alpha value is -2.41. The molecule has 0 aromatic rings. The third kappa shape index (κ3) is 6.50. The lowest BCUT2D eigenvalue weighted by Crippen LogP contribution is -2.17. The second kappa shape index (κ2) is 9.51. The van der Waals surface area contributed by atoms with Crippen LogP contribution in [0.4, 0.5) is 0 Å². The smallest absolute Gasteiger partial charge is 0.0971 e. The molecule has 0 aliphatic carbocycles. The first-order valence-corrected chi connectivity index (χ1v) is 5.88. The van der Waals surface area contributed by atoms with Gasteiger partial charge in [-0.2, -0.15) is 0 Å². The summed E-state index contributed by atoms with van der Waals surface area (Å²) in [5.41, 5.74) is 10.2. The van der Waals surface area contributed by atoms with Crippen LogP contribution in [0.2, 0.25) is 0 Å². The van der Waals surface area contributed by atoms with Gasteiger partial charge in [-0.3, -0.25) is 9.98 Å². The molecule has 0 spiro atoms. The van der Waals surface area contributed by atoms with Crippen LogP contribution in [-0.2, 0) is 0 Å². The van der Waals surface area contributed by atoms with E-state index in [0.29, 0.717) is 17.1 Å². The van der Waals surface area contributed by atoms with Gasteiger partial charge >= 0.3 is 0 Å². The molecule has 20 heavy (non-hydrogen) atoms. The van der Waals surface area contributed by atoms with E-state index in [1.807, 2.05) is 0 Å². The highest BCUT2D eigenvalue weighted by atomic mass is 16.4. The van der Waals surface area contributed by atoms with E-state index in [-0.39, 0.29) is 18.8 Å². The van der Waals surface area contributed by atoms with Crippen molar-refractivity contribution < 1.29 is 5.21 Å². The summed E-state index contributed by atoms with van der Waals surface area (Å²) in [6, 6.07) is -0.476. The second-order valence-corrected chi connectivity index (χ2v) is 4.07. The van der Waals surface area contributed by atoms with Crippen LogP contribution in [0, 0.1) is 5.21 Å². The van der Waals surface area contributed by atoms with Crippen molar-refractivity contribution in [1.29, 1.82) is 0 Å². The number of hydrogen-bond donors (Lipinski definition) is 1. The molecule has 0 amide bonds. The summed E-state index contributed by atoms with van der Waals surface area (Å²) in [7, 11) is 0. The van der Waals surface area contributed by atoms with Crippen LogP contribution >= 0.6 is 0 Å². The molecule has 0 fully saturated rings.